The summed E-state index contributed by atoms with van der Waals surface area (Å²) in [6.07, 6.45) is 6.73. The van der Waals surface area contributed by atoms with Gasteiger partial charge in [0.25, 0.3) is 0 Å². The average molecular weight is 386 g/mol. The number of fused-ring (bicyclic) bond motifs is 7. The van der Waals surface area contributed by atoms with Crippen molar-refractivity contribution in [1.29, 1.82) is 0 Å². The minimum atomic E-state index is -0.0216. The molecule has 0 unspecified atom stereocenters. The van der Waals surface area contributed by atoms with Crippen LogP contribution in [0.25, 0.3) is 11.3 Å². The van der Waals surface area contributed by atoms with Gasteiger partial charge in [0.05, 0.1) is 18.9 Å². The highest BCUT2D eigenvalue weighted by atomic mass is 16.5. The number of anilines is 3. The lowest BCUT2D eigenvalue weighted by Gasteiger charge is -2.09. The fraction of sp³-hybridized carbons (Fsp3) is 0.174. The number of amides is 1. The summed E-state index contributed by atoms with van der Waals surface area (Å²) >= 11 is 0. The zero-order valence-electron chi connectivity index (χ0n) is 16.0. The summed E-state index contributed by atoms with van der Waals surface area (Å²) in [5, 5.41) is 6.20. The van der Waals surface area contributed by atoms with Crippen molar-refractivity contribution in [2.24, 2.45) is 0 Å². The van der Waals surface area contributed by atoms with Crippen molar-refractivity contribution in [2.75, 3.05) is 17.2 Å². The van der Waals surface area contributed by atoms with E-state index in [1.807, 2.05) is 66.7 Å². The molecule has 6 heteroatoms. The summed E-state index contributed by atoms with van der Waals surface area (Å²) in [6.45, 7) is 1.01. The van der Waals surface area contributed by atoms with Crippen LogP contribution in [-0.4, -0.2) is 22.5 Å². The van der Waals surface area contributed by atoms with Gasteiger partial charge in [-0.05, 0) is 42.3 Å². The summed E-state index contributed by atoms with van der Waals surface area (Å²) in [7, 11) is 0. The van der Waals surface area contributed by atoms with Gasteiger partial charge < -0.3 is 15.4 Å². The number of carbonyl (C=O) groups excluding carboxylic acids is 1. The molecule has 146 valence electrons. The molecule has 0 fully saturated rings. The van der Waals surface area contributed by atoms with Crippen LogP contribution >= 0.6 is 0 Å². The molecule has 1 aliphatic heterocycles. The number of rotatable bonds is 0. The predicted molar refractivity (Wildman–Crippen MR) is 114 cm³/mol. The number of benzene rings is 2. The van der Waals surface area contributed by atoms with E-state index in [1.54, 1.807) is 6.20 Å². The van der Waals surface area contributed by atoms with E-state index in [0.717, 1.165) is 28.2 Å². The molecule has 1 aliphatic rings. The Bertz CT molecular complexity index is 1030. The number of aromatic nitrogens is 2. The summed E-state index contributed by atoms with van der Waals surface area (Å²) < 4.78 is 5.69. The summed E-state index contributed by atoms with van der Waals surface area (Å²) in [5.74, 6) is 0.488. The van der Waals surface area contributed by atoms with Crippen molar-refractivity contribution >= 4 is 23.2 Å². The number of carbonyl (C=O) groups is 1. The first-order valence-corrected chi connectivity index (χ1v) is 9.58. The Morgan fingerprint density at radius 2 is 1.79 bits per heavy atom. The average Bonchev–Trinajstić information content (AvgIpc) is 2.73. The number of nitrogens with zero attached hydrogens (tertiary/aromatic N) is 2. The molecule has 2 aromatic carbocycles. The first-order chi connectivity index (χ1) is 14.3. The van der Waals surface area contributed by atoms with Crippen LogP contribution in [0.2, 0.25) is 0 Å². The van der Waals surface area contributed by atoms with E-state index < -0.39 is 0 Å². The molecular weight excluding hydrogens is 364 g/mol. The molecule has 2 N–H and O–H groups in total. The highest BCUT2D eigenvalue weighted by Crippen LogP contribution is 2.23. The molecule has 4 rings (SSSR count). The van der Waals surface area contributed by atoms with Crippen LogP contribution in [-0.2, 0) is 16.1 Å². The van der Waals surface area contributed by atoms with Crippen LogP contribution in [0.4, 0.5) is 17.3 Å². The summed E-state index contributed by atoms with van der Waals surface area (Å²) in [5.41, 5.74) is 4.40. The molecular formula is C23H22N4O2. The van der Waals surface area contributed by atoms with E-state index in [1.165, 1.54) is 0 Å². The van der Waals surface area contributed by atoms with Crippen molar-refractivity contribution in [3.63, 3.8) is 0 Å². The van der Waals surface area contributed by atoms with E-state index in [4.69, 9.17) is 4.74 Å². The molecule has 1 amide bonds. The Balaban J connectivity index is 1.65. The Hall–Kier alpha value is -3.51. The molecule has 1 aromatic heterocycles. The van der Waals surface area contributed by atoms with Gasteiger partial charge >= 0.3 is 0 Å². The molecule has 0 aliphatic carbocycles. The van der Waals surface area contributed by atoms with Crippen molar-refractivity contribution in [3.8, 4) is 11.3 Å². The van der Waals surface area contributed by atoms with Crippen molar-refractivity contribution < 1.29 is 9.53 Å². The molecule has 0 saturated carbocycles. The highest BCUT2D eigenvalue weighted by Gasteiger charge is 2.07. The zero-order chi connectivity index (χ0) is 19.9. The fourth-order valence-corrected chi connectivity index (χ4v) is 3.07. The largest absolute Gasteiger partial charge is 0.373 e. The second kappa shape index (κ2) is 9.12. The number of hydrogen-bond donors (Lipinski definition) is 2. The van der Waals surface area contributed by atoms with E-state index in [2.05, 4.69) is 20.6 Å². The minimum Gasteiger partial charge on any atom is -0.373 e. The predicted octanol–water partition coefficient (Wildman–Crippen LogP) is 4.69. The third-order valence-corrected chi connectivity index (χ3v) is 4.47. The standard InChI is InChI=1S/C23H22N4O2/c28-22-10-2-1-3-13-29-16-17-6-4-8-19(14-17)26-23-24-12-11-21(27-23)18-7-5-9-20(15-18)25-22/h1,3-9,11-12,14-15H,2,10,13,16H2,(H,25,28)(H,24,26,27)/b3-1+. The summed E-state index contributed by atoms with van der Waals surface area (Å²) in [4.78, 5) is 21.1. The van der Waals surface area contributed by atoms with E-state index >= 15 is 0 Å². The monoisotopic (exact) mass is 386 g/mol. The van der Waals surface area contributed by atoms with E-state index in [9.17, 15) is 4.79 Å². The topological polar surface area (TPSA) is 76.1 Å². The van der Waals surface area contributed by atoms with Gasteiger partial charge in [0, 0.05) is 29.6 Å². The third kappa shape index (κ3) is 5.27. The van der Waals surface area contributed by atoms with Gasteiger partial charge in [-0.15, -0.1) is 0 Å². The molecule has 3 aromatic rings. The van der Waals surface area contributed by atoms with E-state index in [0.29, 0.717) is 32.0 Å². The van der Waals surface area contributed by atoms with Crippen LogP contribution in [0.1, 0.15) is 18.4 Å². The maximum absolute atomic E-state index is 12.2. The Kier molecular flexibility index (Phi) is 5.92. The van der Waals surface area contributed by atoms with Gasteiger partial charge in [-0.3, -0.25) is 4.79 Å². The lowest BCUT2D eigenvalue weighted by Crippen LogP contribution is -2.10. The van der Waals surface area contributed by atoms with Crippen molar-refractivity contribution in [2.45, 2.75) is 19.4 Å². The van der Waals surface area contributed by atoms with Gasteiger partial charge in [0.15, 0.2) is 0 Å². The van der Waals surface area contributed by atoms with Gasteiger partial charge in [0.2, 0.25) is 11.9 Å². The van der Waals surface area contributed by atoms with E-state index in [-0.39, 0.29) is 5.91 Å². The van der Waals surface area contributed by atoms with Gasteiger partial charge in [-0.2, -0.15) is 0 Å². The first kappa shape index (κ1) is 18.8. The van der Waals surface area contributed by atoms with Crippen LogP contribution in [0.15, 0.2) is 72.9 Å². The first-order valence-electron chi connectivity index (χ1n) is 9.58. The fourth-order valence-electron chi connectivity index (χ4n) is 3.07. The Morgan fingerprint density at radius 3 is 2.72 bits per heavy atom. The Labute approximate surface area is 169 Å². The molecule has 2 heterocycles. The lowest BCUT2D eigenvalue weighted by atomic mass is 10.1. The van der Waals surface area contributed by atoms with Crippen LogP contribution in [0.3, 0.4) is 0 Å². The van der Waals surface area contributed by atoms with Crippen LogP contribution in [0, 0.1) is 0 Å². The molecule has 6 nitrogen and oxygen atoms in total. The molecule has 0 saturated heterocycles. The van der Waals surface area contributed by atoms with Gasteiger partial charge in [-0.25, -0.2) is 9.97 Å². The third-order valence-electron chi connectivity index (χ3n) is 4.47. The minimum absolute atomic E-state index is 0.0216. The normalized spacial score (nSPS) is 15.8. The summed E-state index contributed by atoms with van der Waals surface area (Å²) in [6, 6.07) is 17.5. The molecule has 0 spiro atoms. The van der Waals surface area contributed by atoms with Gasteiger partial charge in [-0.1, -0.05) is 36.4 Å². The van der Waals surface area contributed by atoms with Crippen molar-refractivity contribution in [1.82, 2.24) is 9.97 Å². The molecule has 0 radical (unpaired) electrons. The number of nitrogens with one attached hydrogen (secondary N) is 2. The highest BCUT2D eigenvalue weighted by molar-refractivity contribution is 5.91. The smallest absolute Gasteiger partial charge is 0.227 e. The quantitative estimate of drug-likeness (QED) is 0.548. The van der Waals surface area contributed by atoms with Crippen LogP contribution in [0.5, 0.6) is 0 Å². The molecule has 0 atom stereocenters. The zero-order valence-corrected chi connectivity index (χ0v) is 16.0. The molecule has 6 bridgehead atoms. The Morgan fingerprint density at radius 1 is 0.931 bits per heavy atom. The second-order valence-electron chi connectivity index (χ2n) is 6.75. The lowest BCUT2D eigenvalue weighted by molar-refractivity contribution is -0.116. The second-order valence-corrected chi connectivity index (χ2v) is 6.75. The van der Waals surface area contributed by atoms with Crippen molar-refractivity contribution in [3.05, 3.63) is 78.5 Å². The van der Waals surface area contributed by atoms with Crippen LogP contribution < -0.4 is 10.6 Å². The number of ether oxygens (including phenoxy) is 1. The maximum Gasteiger partial charge on any atom is 0.227 e. The van der Waals surface area contributed by atoms with Gasteiger partial charge in [0.1, 0.15) is 0 Å². The number of hydrogen-bond acceptors (Lipinski definition) is 5. The maximum atomic E-state index is 12.2. The SMILES string of the molecule is O=C1CC/C=C/COCc2cccc(c2)Nc2nccc(n2)-c2cccc(c2)N1. The molecule has 29 heavy (non-hydrogen) atoms. The number of allylic oxidation sites excluding steroid dienone is 1.